The zero-order chi connectivity index (χ0) is 27.8. The van der Waals surface area contributed by atoms with E-state index in [1.165, 1.54) is 49.7 Å². The summed E-state index contributed by atoms with van der Waals surface area (Å²) in [7, 11) is -2.43. The number of methoxy groups -OCH3 is 1. The Morgan fingerprint density at radius 1 is 0.872 bits per heavy atom. The number of esters is 1. The van der Waals surface area contributed by atoms with Gasteiger partial charge in [-0.2, -0.15) is 5.10 Å². The number of benzene rings is 4. The molecular weight excluding hydrogens is 542 g/mol. The van der Waals surface area contributed by atoms with Crippen molar-refractivity contribution < 1.29 is 27.5 Å². The van der Waals surface area contributed by atoms with Gasteiger partial charge in [0.2, 0.25) is 0 Å². The molecule has 11 heteroatoms. The number of hydrazone groups is 1. The van der Waals surface area contributed by atoms with Crippen LogP contribution in [0, 0.1) is 0 Å². The van der Waals surface area contributed by atoms with Gasteiger partial charge in [-0.3, -0.25) is 9.52 Å². The van der Waals surface area contributed by atoms with Crippen molar-refractivity contribution in [3.8, 4) is 11.5 Å². The number of hydrogen-bond donors (Lipinski definition) is 2. The molecule has 0 radical (unpaired) electrons. The second kappa shape index (κ2) is 12.2. The molecule has 0 fully saturated rings. The third-order valence-corrected chi connectivity index (χ3v) is 6.95. The lowest BCUT2D eigenvalue weighted by Crippen LogP contribution is -2.21. The van der Waals surface area contributed by atoms with Crippen LogP contribution in [-0.4, -0.2) is 33.6 Å². The first-order valence-electron chi connectivity index (χ1n) is 11.4. The lowest BCUT2D eigenvalue weighted by Gasteiger charge is -2.11. The summed E-state index contributed by atoms with van der Waals surface area (Å²) in [5.41, 5.74) is 3.42. The Hall–Kier alpha value is -4.67. The Morgan fingerprint density at radius 3 is 2.31 bits per heavy atom. The average molecular weight is 564 g/mol. The van der Waals surface area contributed by atoms with E-state index in [1.807, 2.05) is 0 Å². The molecule has 4 rings (SSSR count). The maximum Gasteiger partial charge on any atom is 0.343 e. The maximum atomic E-state index is 12.8. The number of hydrogen-bond acceptors (Lipinski definition) is 7. The minimum Gasteiger partial charge on any atom is -0.497 e. The Kier molecular flexibility index (Phi) is 8.60. The van der Waals surface area contributed by atoms with Crippen molar-refractivity contribution >= 4 is 45.4 Å². The molecular formula is C28H22ClN3O6S. The molecule has 198 valence electrons. The van der Waals surface area contributed by atoms with Crippen molar-refractivity contribution in [2.24, 2.45) is 5.10 Å². The average Bonchev–Trinajstić information content (AvgIpc) is 2.93. The number of sulfonamides is 1. The highest BCUT2D eigenvalue weighted by Gasteiger charge is 2.18. The van der Waals surface area contributed by atoms with Crippen LogP contribution in [0.15, 0.2) is 107 Å². The van der Waals surface area contributed by atoms with Gasteiger partial charge in [-0.1, -0.05) is 35.9 Å². The predicted molar refractivity (Wildman–Crippen MR) is 148 cm³/mol. The van der Waals surface area contributed by atoms with Crippen LogP contribution in [0.5, 0.6) is 11.5 Å². The van der Waals surface area contributed by atoms with E-state index < -0.39 is 21.9 Å². The molecule has 0 saturated heterocycles. The normalized spacial score (nSPS) is 11.1. The molecule has 39 heavy (non-hydrogen) atoms. The van der Waals surface area contributed by atoms with Crippen LogP contribution < -0.4 is 19.6 Å². The predicted octanol–water partition coefficient (Wildman–Crippen LogP) is 5.13. The Bertz CT molecular complexity index is 1620. The van der Waals surface area contributed by atoms with Gasteiger partial charge in [0.05, 0.1) is 35.0 Å². The van der Waals surface area contributed by atoms with Crippen molar-refractivity contribution in [3.05, 3.63) is 119 Å². The van der Waals surface area contributed by atoms with Crippen molar-refractivity contribution in [2.45, 2.75) is 4.90 Å². The number of amides is 1. The quantitative estimate of drug-likeness (QED) is 0.126. The minimum atomic E-state index is -3.96. The monoisotopic (exact) mass is 563 g/mol. The zero-order valence-corrected chi connectivity index (χ0v) is 22.1. The van der Waals surface area contributed by atoms with Crippen LogP contribution in [0.3, 0.4) is 0 Å². The molecule has 0 aliphatic carbocycles. The van der Waals surface area contributed by atoms with Crippen LogP contribution in [0.2, 0.25) is 5.02 Å². The van der Waals surface area contributed by atoms with Gasteiger partial charge in [0, 0.05) is 5.02 Å². The molecule has 0 aromatic heterocycles. The highest BCUT2D eigenvalue weighted by molar-refractivity contribution is 7.92. The van der Waals surface area contributed by atoms with Gasteiger partial charge >= 0.3 is 5.97 Å². The number of para-hydroxylation sites is 1. The molecule has 2 N–H and O–H groups in total. The number of nitrogens with one attached hydrogen (secondary N) is 2. The van der Waals surface area contributed by atoms with Gasteiger partial charge in [-0.05, 0) is 78.4 Å². The summed E-state index contributed by atoms with van der Waals surface area (Å²) in [6.45, 7) is 0. The maximum absolute atomic E-state index is 12.8. The number of ether oxygens (including phenoxy) is 2. The number of halogens is 1. The summed E-state index contributed by atoms with van der Waals surface area (Å²) in [6.07, 6.45) is 1.36. The number of carbonyl (C=O) groups excluding carboxylic acids is 2. The summed E-state index contributed by atoms with van der Waals surface area (Å²) in [5, 5.41) is 4.35. The summed E-state index contributed by atoms with van der Waals surface area (Å²) in [4.78, 5) is 25.2. The first kappa shape index (κ1) is 27.4. The summed E-state index contributed by atoms with van der Waals surface area (Å²) in [5.74, 6) is -0.276. The fraction of sp³-hybridized carbons (Fsp3) is 0.0357. The highest BCUT2D eigenvalue weighted by atomic mass is 35.5. The summed E-state index contributed by atoms with van der Waals surface area (Å²) < 4.78 is 38.4. The highest BCUT2D eigenvalue weighted by Crippen LogP contribution is 2.22. The molecule has 0 unspecified atom stereocenters. The van der Waals surface area contributed by atoms with Gasteiger partial charge in [-0.25, -0.2) is 18.6 Å². The van der Waals surface area contributed by atoms with Gasteiger partial charge in [0.15, 0.2) is 0 Å². The van der Waals surface area contributed by atoms with E-state index in [-0.39, 0.29) is 21.9 Å². The molecule has 0 bridgehead atoms. The van der Waals surface area contributed by atoms with Crippen LogP contribution in [-0.2, 0) is 10.0 Å². The van der Waals surface area contributed by atoms with E-state index in [4.69, 9.17) is 21.1 Å². The van der Waals surface area contributed by atoms with E-state index in [0.29, 0.717) is 21.9 Å². The van der Waals surface area contributed by atoms with E-state index in [0.717, 1.165) is 0 Å². The molecule has 0 heterocycles. The fourth-order valence-electron chi connectivity index (χ4n) is 3.36. The molecule has 0 saturated carbocycles. The van der Waals surface area contributed by atoms with Gasteiger partial charge in [-0.15, -0.1) is 0 Å². The topological polar surface area (TPSA) is 123 Å². The Balaban J connectivity index is 1.41. The Morgan fingerprint density at radius 2 is 1.59 bits per heavy atom. The smallest absolute Gasteiger partial charge is 0.343 e. The van der Waals surface area contributed by atoms with Crippen LogP contribution in [0.1, 0.15) is 26.3 Å². The SMILES string of the molecule is COc1ccc(C(=O)Oc2cccc(/C=N/NC(=O)c3ccccc3NS(=O)(=O)c3ccc(Cl)cc3)c2)cc1. The molecule has 1 amide bonds. The van der Waals surface area contributed by atoms with Crippen molar-refractivity contribution in [2.75, 3.05) is 11.8 Å². The number of anilines is 1. The first-order valence-corrected chi connectivity index (χ1v) is 13.3. The number of nitrogens with zero attached hydrogens (tertiary/aromatic N) is 1. The first-order chi connectivity index (χ1) is 18.7. The Labute approximate surface area is 230 Å². The fourth-order valence-corrected chi connectivity index (χ4v) is 4.57. The van der Waals surface area contributed by atoms with Crippen molar-refractivity contribution in [3.63, 3.8) is 0 Å². The molecule has 0 aliphatic rings. The zero-order valence-electron chi connectivity index (χ0n) is 20.5. The van der Waals surface area contributed by atoms with Crippen LogP contribution in [0.4, 0.5) is 5.69 Å². The number of carbonyl (C=O) groups is 2. The molecule has 0 atom stereocenters. The van der Waals surface area contributed by atoms with Gasteiger partial charge in [0.25, 0.3) is 15.9 Å². The van der Waals surface area contributed by atoms with Gasteiger partial charge in [0.1, 0.15) is 11.5 Å². The van der Waals surface area contributed by atoms with Crippen molar-refractivity contribution in [1.29, 1.82) is 0 Å². The van der Waals surface area contributed by atoms with E-state index in [9.17, 15) is 18.0 Å². The van der Waals surface area contributed by atoms with E-state index in [2.05, 4.69) is 15.2 Å². The molecule has 4 aromatic carbocycles. The largest absolute Gasteiger partial charge is 0.497 e. The minimum absolute atomic E-state index is 0.00675. The lowest BCUT2D eigenvalue weighted by molar-refractivity contribution is 0.0734. The van der Waals surface area contributed by atoms with E-state index >= 15 is 0 Å². The third-order valence-electron chi connectivity index (χ3n) is 5.31. The second-order valence-electron chi connectivity index (χ2n) is 7.99. The molecule has 0 spiro atoms. The second-order valence-corrected chi connectivity index (χ2v) is 10.1. The molecule has 9 nitrogen and oxygen atoms in total. The standard InChI is InChI=1S/C28H22ClN3O6S/c1-37-22-13-9-20(10-14-22)28(34)38-23-6-4-5-19(17-23)18-30-31-27(33)25-7-2-3-8-26(25)32-39(35,36)24-15-11-21(29)12-16-24/h2-18,32H,1H3,(H,31,33)/b30-18+. The summed E-state index contributed by atoms with van der Waals surface area (Å²) in [6, 6.07) is 24.8. The molecule has 0 aliphatic heterocycles. The summed E-state index contributed by atoms with van der Waals surface area (Å²) >= 11 is 5.84. The van der Waals surface area contributed by atoms with Crippen molar-refractivity contribution in [1.82, 2.24) is 5.43 Å². The van der Waals surface area contributed by atoms with Crippen LogP contribution >= 0.6 is 11.6 Å². The molecule has 4 aromatic rings. The van der Waals surface area contributed by atoms with E-state index in [1.54, 1.807) is 60.7 Å². The third kappa shape index (κ3) is 7.22. The van der Waals surface area contributed by atoms with Gasteiger partial charge < -0.3 is 9.47 Å². The van der Waals surface area contributed by atoms with Crippen LogP contribution in [0.25, 0.3) is 0 Å². The number of rotatable bonds is 9. The lowest BCUT2D eigenvalue weighted by atomic mass is 10.2.